The second-order valence-corrected chi connectivity index (χ2v) is 4.54. The number of benzene rings is 3. The van der Waals surface area contributed by atoms with E-state index in [2.05, 4.69) is 30.3 Å². The SMILES string of the molecule is O=C1Cc2c1c1ccccc1c1ccccc21. The highest BCUT2D eigenvalue weighted by molar-refractivity contribution is 6.25. The Kier molecular flexibility index (Phi) is 1.55. The van der Waals surface area contributed by atoms with E-state index in [1.54, 1.807) is 0 Å². The van der Waals surface area contributed by atoms with Gasteiger partial charge in [0, 0.05) is 12.0 Å². The maximum Gasteiger partial charge on any atom is 0.168 e. The molecule has 1 aliphatic carbocycles. The minimum atomic E-state index is 0.280. The number of hydrogen-bond acceptors (Lipinski definition) is 1. The van der Waals surface area contributed by atoms with Gasteiger partial charge in [0.1, 0.15) is 0 Å². The first-order valence-electron chi connectivity index (χ1n) is 5.82. The van der Waals surface area contributed by atoms with Crippen LogP contribution < -0.4 is 0 Å². The summed E-state index contributed by atoms with van der Waals surface area (Å²) >= 11 is 0. The van der Waals surface area contributed by atoms with E-state index in [0.29, 0.717) is 6.42 Å². The summed E-state index contributed by atoms with van der Waals surface area (Å²) in [6, 6.07) is 16.5. The van der Waals surface area contributed by atoms with Gasteiger partial charge in [0.05, 0.1) is 0 Å². The van der Waals surface area contributed by atoms with Crippen molar-refractivity contribution >= 4 is 27.3 Å². The zero-order valence-corrected chi connectivity index (χ0v) is 9.23. The van der Waals surface area contributed by atoms with E-state index in [0.717, 1.165) is 10.9 Å². The molecule has 0 radical (unpaired) electrons. The summed E-state index contributed by atoms with van der Waals surface area (Å²) in [5.74, 6) is 0.280. The standard InChI is InChI=1S/C16H10O/c17-15-9-14-12-7-2-1-5-10(12)11-6-3-4-8-13(11)16(14)15/h1-8H,9H2. The van der Waals surface area contributed by atoms with Crippen LogP contribution in [0.4, 0.5) is 0 Å². The molecule has 0 atom stereocenters. The predicted octanol–water partition coefficient (Wildman–Crippen LogP) is 3.73. The van der Waals surface area contributed by atoms with Crippen LogP contribution >= 0.6 is 0 Å². The molecule has 17 heavy (non-hydrogen) atoms. The van der Waals surface area contributed by atoms with E-state index in [1.807, 2.05) is 18.2 Å². The lowest BCUT2D eigenvalue weighted by atomic mass is 9.79. The van der Waals surface area contributed by atoms with Crippen LogP contribution in [0, 0.1) is 0 Å². The van der Waals surface area contributed by atoms with E-state index in [1.165, 1.54) is 21.7 Å². The first-order valence-corrected chi connectivity index (χ1v) is 5.82. The van der Waals surface area contributed by atoms with Crippen LogP contribution in [0.5, 0.6) is 0 Å². The molecule has 1 aliphatic rings. The van der Waals surface area contributed by atoms with Crippen molar-refractivity contribution < 1.29 is 4.79 Å². The highest BCUT2D eigenvalue weighted by Crippen LogP contribution is 2.38. The molecule has 0 N–H and O–H groups in total. The van der Waals surface area contributed by atoms with Crippen LogP contribution in [0.15, 0.2) is 48.5 Å². The molecule has 0 aliphatic heterocycles. The number of carbonyl (C=O) groups is 1. The maximum absolute atomic E-state index is 11.8. The van der Waals surface area contributed by atoms with Crippen molar-refractivity contribution in [1.82, 2.24) is 0 Å². The molecular formula is C16H10O. The minimum absolute atomic E-state index is 0.280. The van der Waals surface area contributed by atoms with Gasteiger partial charge in [-0.3, -0.25) is 4.79 Å². The normalized spacial score (nSPS) is 13.8. The summed E-state index contributed by atoms with van der Waals surface area (Å²) in [6.07, 6.45) is 0.598. The quantitative estimate of drug-likeness (QED) is 0.525. The van der Waals surface area contributed by atoms with E-state index in [9.17, 15) is 4.79 Å². The summed E-state index contributed by atoms with van der Waals surface area (Å²) in [5, 5.41) is 4.79. The second-order valence-electron chi connectivity index (χ2n) is 4.54. The van der Waals surface area contributed by atoms with Crippen LogP contribution in [0.1, 0.15) is 15.9 Å². The summed E-state index contributed by atoms with van der Waals surface area (Å²) in [4.78, 5) is 11.8. The minimum Gasteiger partial charge on any atom is -0.294 e. The molecule has 0 aromatic heterocycles. The number of rotatable bonds is 0. The molecule has 1 heteroatoms. The summed E-state index contributed by atoms with van der Waals surface area (Å²) in [5.41, 5.74) is 2.17. The van der Waals surface area contributed by atoms with Gasteiger partial charge >= 0.3 is 0 Å². The Morgan fingerprint density at radius 2 is 1.24 bits per heavy atom. The summed E-state index contributed by atoms with van der Waals surface area (Å²) in [6.45, 7) is 0. The molecule has 0 saturated carbocycles. The van der Waals surface area contributed by atoms with Crippen molar-refractivity contribution in [2.24, 2.45) is 0 Å². The zero-order valence-electron chi connectivity index (χ0n) is 9.23. The zero-order chi connectivity index (χ0) is 11.4. The highest BCUT2D eigenvalue weighted by Gasteiger charge is 2.28. The Labute approximate surface area is 98.7 Å². The van der Waals surface area contributed by atoms with Gasteiger partial charge in [0.25, 0.3) is 0 Å². The van der Waals surface area contributed by atoms with Crippen molar-refractivity contribution in [3.05, 3.63) is 59.7 Å². The van der Waals surface area contributed by atoms with Gasteiger partial charge in [-0.25, -0.2) is 0 Å². The third-order valence-electron chi connectivity index (χ3n) is 3.66. The van der Waals surface area contributed by atoms with Crippen LogP contribution in [-0.2, 0) is 6.42 Å². The predicted molar refractivity (Wildman–Crippen MR) is 69.5 cm³/mol. The first kappa shape index (κ1) is 8.94. The van der Waals surface area contributed by atoms with E-state index < -0.39 is 0 Å². The molecule has 3 aromatic rings. The number of hydrogen-bond donors (Lipinski definition) is 0. The Morgan fingerprint density at radius 1 is 0.706 bits per heavy atom. The molecule has 80 valence electrons. The maximum atomic E-state index is 11.8. The van der Waals surface area contributed by atoms with Crippen molar-refractivity contribution in [3.63, 3.8) is 0 Å². The summed E-state index contributed by atoms with van der Waals surface area (Å²) in [7, 11) is 0. The Balaban J connectivity index is 2.37. The molecular weight excluding hydrogens is 208 g/mol. The lowest BCUT2D eigenvalue weighted by molar-refractivity contribution is 0.0971. The third-order valence-corrected chi connectivity index (χ3v) is 3.66. The van der Waals surface area contributed by atoms with Gasteiger partial charge in [-0.05, 0) is 27.1 Å². The van der Waals surface area contributed by atoms with Crippen LogP contribution in [0.3, 0.4) is 0 Å². The molecule has 0 heterocycles. The number of ketones is 1. The Bertz CT molecular complexity index is 784. The molecule has 0 bridgehead atoms. The second kappa shape index (κ2) is 2.95. The van der Waals surface area contributed by atoms with Gasteiger partial charge in [-0.2, -0.15) is 0 Å². The lowest BCUT2D eigenvalue weighted by Crippen LogP contribution is -2.19. The van der Waals surface area contributed by atoms with Crippen molar-refractivity contribution in [2.45, 2.75) is 6.42 Å². The van der Waals surface area contributed by atoms with Gasteiger partial charge in [0.15, 0.2) is 5.78 Å². The molecule has 0 spiro atoms. The largest absolute Gasteiger partial charge is 0.294 e. The fourth-order valence-electron chi connectivity index (χ4n) is 2.86. The van der Waals surface area contributed by atoms with E-state index in [-0.39, 0.29) is 5.78 Å². The van der Waals surface area contributed by atoms with E-state index >= 15 is 0 Å². The Hall–Kier alpha value is -2.15. The average molecular weight is 218 g/mol. The van der Waals surface area contributed by atoms with Crippen molar-refractivity contribution in [2.75, 3.05) is 0 Å². The highest BCUT2D eigenvalue weighted by atomic mass is 16.1. The van der Waals surface area contributed by atoms with Gasteiger partial charge in [-0.15, -0.1) is 0 Å². The number of carbonyl (C=O) groups excluding carboxylic acids is 1. The molecule has 1 nitrogen and oxygen atoms in total. The molecule has 0 saturated heterocycles. The van der Waals surface area contributed by atoms with Gasteiger partial charge < -0.3 is 0 Å². The topological polar surface area (TPSA) is 17.1 Å². The molecule has 0 fully saturated rings. The molecule has 4 rings (SSSR count). The Morgan fingerprint density at radius 3 is 1.88 bits per heavy atom. The first-order chi connectivity index (χ1) is 8.36. The fourth-order valence-corrected chi connectivity index (χ4v) is 2.86. The smallest absolute Gasteiger partial charge is 0.168 e. The van der Waals surface area contributed by atoms with Gasteiger partial charge in [0.2, 0.25) is 0 Å². The van der Waals surface area contributed by atoms with Crippen molar-refractivity contribution in [1.29, 1.82) is 0 Å². The fraction of sp³-hybridized carbons (Fsp3) is 0.0625. The molecule has 0 amide bonds. The van der Waals surface area contributed by atoms with Crippen molar-refractivity contribution in [3.8, 4) is 0 Å². The summed E-state index contributed by atoms with van der Waals surface area (Å²) < 4.78 is 0. The molecule has 0 unspecified atom stereocenters. The third kappa shape index (κ3) is 1.01. The van der Waals surface area contributed by atoms with Gasteiger partial charge in [-0.1, -0.05) is 48.5 Å². The van der Waals surface area contributed by atoms with Crippen LogP contribution in [0.2, 0.25) is 0 Å². The lowest BCUT2D eigenvalue weighted by Gasteiger charge is -2.22. The van der Waals surface area contributed by atoms with E-state index in [4.69, 9.17) is 0 Å². The monoisotopic (exact) mass is 218 g/mol. The molecule has 3 aromatic carbocycles. The number of fused-ring (bicyclic) bond motifs is 6. The average Bonchev–Trinajstić information content (AvgIpc) is 2.36. The van der Waals surface area contributed by atoms with Crippen LogP contribution in [0.25, 0.3) is 21.5 Å². The van der Waals surface area contributed by atoms with Crippen LogP contribution in [-0.4, -0.2) is 5.78 Å². The number of Topliss-reactive ketones (excluding diaryl/α,β-unsaturated/α-hetero) is 1.